The quantitative estimate of drug-likeness (QED) is 0.898. The number of carbonyl (C=O) groups is 1. The van der Waals surface area contributed by atoms with E-state index in [2.05, 4.69) is 20.3 Å². The summed E-state index contributed by atoms with van der Waals surface area (Å²) in [5.41, 5.74) is 6.33. The van der Waals surface area contributed by atoms with Gasteiger partial charge in [-0.2, -0.15) is 0 Å². The van der Waals surface area contributed by atoms with E-state index in [1.165, 1.54) is 11.3 Å². The van der Waals surface area contributed by atoms with Crippen LogP contribution in [0.3, 0.4) is 0 Å². The summed E-state index contributed by atoms with van der Waals surface area (Å²) in [5, 5.41) is 3.79. The number of nitrogens with zero attached hydrogens (tertiary/aromatic N) is 3. The summed E-state index contributed by atoms with van der Waals surface area (Å²) in [6, 6.07) is 1.75. The van der Waals surface area contributed by atoms with Crippen LogP contribution >= 0.6 is 11.3 Å². The summed E-state index contributed by atoms with van der Waals surface area (Å²) in [6.07, 6.45) is 7.45. The van der Waals surface area contributed by atoms with E-state index in [9.17, 15) is 4.79 Å². The zero-order valence-electron chi connectivity index (χ0n) is 12.5. The molecule has 22 heavy (non-hydrogen) atoms. The van der Waals surface area contributed by atoms with Gasteiger partial charge in [-0.05, 0) is 25.8 Å². The predicted octanol–water partition coefficient (Wildman–Crippen LogP) is 1.91. The second kappa shape index (κ2) is 6.10. The molecule has 0 saturated heterocycles. The van der Waals surface area contributed by atoms with Gasteiger partial charge in [-0.25, -0.2) is 15.0 Å². The molecule has 0 aliphatic heterocycles. The van der Waals surface area contributed by atoms with Crippen LogP contribution in [0.15, 0.2) is 18.5 Å². The van der Waals surface area contributed by atoms with E-state index < -0.39 is 0 Å². The number of aromatic nitrogens is 3. The molecule has 6 nitrogen and oxygen atoms in total. The average Bonchev–Trinajstić information content (AvgIpc) is 3.15. The minimum Gasteiger partial charge on any atom is -0.345 e. The first-order valence-electron chi connectivity index (χ1n) is 7.41. The Kier molecular flexibility index (Phi) is 4.17. The van der Waals surface area contributed by atoms with Gasteiger partial charge in [-0.15, -0.1) is 11.3 Å². The van der Waals surface area contributed by atoms with Crippen molar-refractivity contribution < 1.29 is 4.79 Å². The standard InChI is InChI=1S/C15H19N5OS/c1-10-11(13(21)20-15(9-16)5-2-3-6-15)22-14(19-10)12-17-7-4-8-18-12/h4,7-8H,2-3,5-6,9,16H2,1H3,(H,20,21). The Hall–Kier alpha value is -1.86. The first-order chi connectivity index (χ1) is 10.6. The van der Waals surface area contributed by atoms with E-state index in [1.807, 2.05) is 6.92 Å². The maximum Gasteiger partial charge on any atom is 0.263 e. The Bertz CT molecular complexity index is 664. The normalized spacial score (nSPS) is 16.6. The summed E-state index contributed by atoms with van der Waals surface area (Å²) in [6.45, 7) is 2.31. The monoisotopic (exact) mass is 317 g/mol. The Labute approximate surface area is 133 Å². The fourth-order valence-electron chi connectivity index (χ4n) is 2.84. The summed E-state index contributed by atoms with van der Waals surface area (Å²) >= 11 is 1.32. The third kappa shape index (κ3) is 2.86. The highest BCUT2D eigenvalue weighted by molar-refractivity contribution is 7.17. The van der Waals surface area contributed by atoms with Crippen molar-refractivity contribution in [3.63, 3.8) is 0 Å². The molecule has 2 aromatic rings. The summed E-state index contributed by atoms with van der Waals surface area (Å²) in [7, 11) is 0. The van der Waals surface area contributed by atoms with Gasteiger partial charge < -0.3 is 11.1 Å². The molecular formula is C15H19N5OS. The van der Waals surface area contributed by atoms with Crippen molar-refractivity contribution in [1.29, 1.82) is 0 Å². The molecule has 2 aromatic heterocycles. The number of carbonyl (C=O) groups excluding carboxylic acids is 1. The van der Waals surface area contributed by atoms with Gasteiger partial charge in [0.1, 0.15) is 4.88 Å². The Morgan fingerprint density at radius 1 is 1.36 bits per heavy atom. The Morgan fingerprint density at radius 2 is 2.05 bits per heavy atom. The van der Waals surface area contributed by atoms with Gasteiger partial charge in [0.2, 0.25) is 0 Å². The van der Waals surface area contributed by atoms with Crippen LogP contribution in [0.25, 0.3) is 10.8 Å². The zero-order valence-corrected chi connectivity index (χ0v) is 13.3. The van der Waals surface area contributed by atoms with E-state index >= 15 is 0 Å². The van der Waals surface area contributed by atoms with Gasteiger partial charge in [-0.3, -0.25) is 4.79 Å². The Balaban J connectivity index is 1.83. The van der Waals surface area contributed by atoms with Crippen LogP contribution in [0, 0.1) is 6.92 Å². The molecular weight excluding hydrogens is 298 g/mol. The lowest BCUT2D eigenvalue weighted by atomic mass is 9.98. The molecule has 3 N–H and O–H groups in total. The van der Waals surface area contributed by atoms with Crippen LogP contribution in [0.1, 0.15) is 41.0 Å². The van der Waals surface area contributed by atoms with Crippen molar-refractivity contribution in [2.45, 2.75) is 38.1 Å². The highest BCUT2D eigenvalue weighted by atomic mass is 32.1. The number of nitrogens with two attached hydrogens (primary N) is 1. The predicted molar refractivity (Wildman–Crippen MR) is 85.6 cm³/mol. The number of hydrogen-bond donors (Lipinski definition) is 2. The van der Waals surface area contributed by atoms with Gasteiger partial charge in [0.05, 0.1) is 11.2 Å². The third-order valence-corrected chi connectivity index (χ3v) is 5.24. The molecule has 1 aliphatic carbocycles. The molecule has 0 atom stereocenters. The zero-order chi connectivity index (χ0) is 15.6. The molecule has 1 aliphatic rings. The largest absolute Gasteiger partial charge is 0.345 e. The van der Waals surface area contributed by atoms with E-state index in [-0.39, 0.29) is 11.4 Å². The average molecular weight is 317 g/mol. The highest BCUT2D eigenvalue weighted by Crippen LogP contribution is 2.30. The molecule has 2 heterocycles. The van der Waals surface area contributed by atoms with E-state index in [4.69, 9.17) is 5.73 Å². The molecule has 0 unspecified atom stereocenters. The minimum atomic E-state index is -0.253. The van der Waals surface area contributed by atoms with Crippen LogP contribution in [0.4, 0.5) is 0 Å². The number of hydrogen-bond acceptors (Lipinski definition) is 6. The van der Waals surface area contributed by atoms with Crippen LogP contribution in [0.5, 0.6) is 0 Å². The number of thiazole rings is 1. The van der Waals surface area contributed by atoms with Crippen LogP contribution in [-0.2, 0) is 0 Å². The second-order valence-corrected chi connectivity index (χ2v) is 6.65. The number of nitrogens with one attached hydrogen (secondary N) is 1. The van der Waals surface area contributed by atoms with Crippen LogP contribution in [0.2, 0.25) is 0 Å². The van der Waals surface area contributed by atoms with Crippen LogP contribution in [-0.4, -0.2) is 32.9 Å². The maximum absolute atomic E-state index is 12.6. The lowest BCUT2D eigenvalue weighted by molar-refractivity contribution is 0.0906. The smallest absolute Gasteiger partial charge is 0.263 e. The van der Waals surface area contributed by atoms with Gasteiger partial charge in [0.25, 0.3) is 5.91 Å². The highest BCUT2D eigenvalue weighted by Gasteiger charge is 2.35. The van der Waals surface area contributed by atoms with E-state index in [0.29, 0.717) is 27.9 Å². The molecule has 7 heteroatoms. The molecule has 116 valence electrons. The van der Waals surface area contributed by atoms with Crippen molar-refractivity contribution in [2.24, 2.45) is 5.73 Å². The molecule has 1 fully saturated rings. The van der Waals surface area contributed by atoms with Crippen LogP contribution < -0.4 is 11.1 Å². The van der Waals surface area contributed by atoms with Gasteiger partial charge in [0, 0.05) is 18.9 Å². The maximum atomic E-state index is 12.6. The summed E-state index contributed by atoms with van der Waals surface area (Å²) in [4.78, 5) is 26.0. The van der Waals surface area contributed by atoms with Crippen molar-refractivity contribution in [3.8, 4) is 10.8 Å². The lowest BCUT2D eigenvalue weighted by Gasteiger charge is -2.28. The molecule has 3 rings (SSSR count). The number of amides is 1. The van der Waals surface area contributed by atoms with E-state index in [0.717, 1.165) is 25.7 Å². The molecule has 0 aromatic carbocycles. The van der Waals surface area contributed by atoms with Crippen molar-refractivity contribution >= 4 is 17.2 Å². The summed E-state index contributed by atoms with van der Waals surface area (Å²) in [5.74, 6) is 0.452. The minimum absolute atomic E-state index is 0.0930. The van der Waals surface area contributed by atoms with E-state index in [1.54, 1.807) is 18.5 Å². The number of rotatable bonds is 4. The van der Waals surface area contributed by atoms with Gasteiger partial charge in [-0.1, -0.05) is 12.8 Å². The van der Waals surface area contributed by atoms with Crippen molar-refractivity contribution in [3.05, 3.63) is 29.0 Å². The molecule has 0 radical (unpaired) electrons. The SMILES string of the molecule is Cc1nc(-c2ncccn2)sc1C(=O)NC1(CN)CCCC1. The fraction of sp³-hybridized carbons (Fsp3) is 0.467. The Morgan fingerprint density at radius 3 is 2.68 bits per heavy atom. The lowest BCUT2D eigenvalue weighted by Crippen LogP contribution is -2.51. The summed E-state index contributed by atoms with van der Waals surface area (Å²) < 4.78 is 0. The van der Waals surface area contributed by atoms with Crippen molar-refractivity contribution in [2.75, 3.05) is 6.54 Å². The number of aryl methyl sites for hydroxylation is 1. The fourth-order valence-corrected chi connectivity index (χ4v) is 3.75. The molecule has 0 bridgehead atoms. The van der Waals surface area contributed by atoms with Crippen molar-refractivity contribution in [1.82, 2.24) is 20.3 Å². The van der Waals surface area contributed by atoms with Gasteiger partial charge >= 0.3 is 0 Å². The topological polar surface area (TPSA) is 93.8 Å². The third-order valence-electron chi connectivity index (χ3n) is 4.09. The molecule has 1 amide bonds. The molecule has 1 saturated carbocycles. The molecule has 0 spiro atoms. The first-order valence-corrected chi connectivity index (χ1v) is 8.23. The second-order valence-electron chi connectivity index (χ2n) is 5.65. The first kappa shape index (κ1) is 15.1. The van der Waals surface area contributed by atoms with Gasteiger partial charge in [0.15, 0.2) is 10.8 Å².